The normalized spacial score (nSPS) is 17.7. The molecule has 0 aromatic heterocycles. The zero-order chi connectivity index (χ0) is 10.7. The Hall–Kier alpha value is -0.530. The van der Waals surface area contributed by atoms with Crippen molar-refractivity contribution < 1.29 is 0 Å². The van der Waals surface area contributed by atoms with Gasteiger partial charge in [0.2, 0.25) is 0 Å². The maximum absolute atomic E-state index is 5.86. The number of halogens is 1. The van der Waals surface area contributed by atoms with Gasteiger partial charge in [0, 0.05) is 11.1 Å². The zero-order valence-electron chi connectivity index (χ0n) is 9.17. The van der Waals surface area contributed by atoms with Gasteiger partial charge in [-0.1, -0.05) is 36.6 Å². The highest BCUT2D eigenvalue weighted by Crippen LogP contribution is 2.34. The van der Waals surface area contributed by atoms with Gasteiger partial charge in [-0.2, -0.15) is 0 Å². The van der Waals surface area contributed by atoms with Gasteiger partial charge in [0.15, 0.2) is 0 Å². The van der Waals surface area contributed by atoms with Gasteiger partial charge < -0.3 is 5.32 Å². The molecule has 1 aliphatic rings. The van der Waals surface area contributed by atoms with E-state index in [-0.39, 0.29) is 0 Å². The van der Waals surface area contributed by atoms with Crippen LogP contribution in [0.25, 0.3) is 0 Å². The Bertz CT molecular complexity index is 303. The third-order valence-corrected chi connectivity index (χ3v) is 3.37. The van der Waals surface area contributed by atoms with Crippen molar-refractivity contribution in [1.29, 1.82) is 0 Å². The zero-order valence-corrected chi connectivity index (χ0v) is 9.93. The monoisotopic (exact) mass is 223 g/mol. The highest BCUT2D eigenvalue weighted by Gasteiger charge is 2.24. The molecule has 0 heterocycles. The van der Waals surface area contributed by atoms with E-state index in [0.717, 1.165) is 17.4 Å². The predicted molar refractivity (Wildman–Crippen MR) is 65.3 cm³/mol. The minimum atomic E-state index is 0.624. The summed E-state index contributed by atoms with van der Waals surface area (Å²) in [5.41, 5.74) is 1.37. The lowest BCUT2D eigenvalue weighted by Gasteiger charge is -2.15. The van der Waals surface area contributed by atoms with Crippen LogP contribution in [0.3, 0.4) is 0 Å². The molecule has 1 unspecified atom stereocenters. The molecule has 1 nitrogen and oxygen atoms in total. The largest absolute Gasteiger partial charge is 0.317 e. The summed E-state index contributed by atoms with van der Waals surface area (Å²) in [4.78, 5) is 0. The summed E-state index contributed by atoms with van der Waals surface area (Å²) in [5, 5.41) is 4.22. The first-order valence-electron chi connectivity index (χ1n) is 5.69. The molecule has 82 valence electrons. The highest BCUT2D eigenvalue weighted by atomic mass is 35.5. The predicted octanol–water partition coefficient (Wildman–Crippen LogP) is 3.27. The minimum absolute atomic E-state index is 0.624. The Balaban J connectivity index is 1.89. The van der Waals surface area contributed by atoms with Crippen molar-refractivity contribution >= 4 is 11.6 Å². The summed E-state index contributed by atoms with van der Waals surface area (Å²) < 4.78 is 0. The van der Waals surface area contributed by atoms with Crippen LogP contribution < -0.4 is 5.32 Å². The van der Waals surface area contributed by atoms with Crippen LogP contribution in [0.5, 0.6) is 0 Å². The molecule has 1 fully saturated rings. The Labute approximate surface area is 96.8 Å². The van der Waals surface area contributed by atoms with Gasteiger partial charge in [0.1, 0.15) is 0 Å². The lowest BCUT2D eigenvalue weighted by molar-refractivity contribution is 0.490. The molecule has 0 bridgehead atoms. The highest BCUT2D eigenvalue weighted by molar-refractivity contribution is 6.30. The van der Waals surface area contributed by atoms with E-state index >= 15 is 0 Å². The van der Waals surface area contributed by atoms with Crippen LogP contribution in [0, 0.1) is 5.92 Å². The number of nitrogens with one attached hydrogen (secondary N) is 1. The number of benzene rings is 1. The quantitative estimate of drug-likeness (QED) is 0.808. The van der Waals surface area contributed by atoms with E-state index in [1.54, 1.807) is 0 Å². The van der Waals surface area contributed by atoms with Gasteiger partial charge in [-0.05, 0) is 43.5 Å². The first-order chi connectivity index (χ1) is 7.28. The summed E-state index contributed by atoms with van der Waals surface area (Å²) in [6, 6.07) is 8.82. The molecule has 1 saturated carbocycles. The Kier molecular flexibility index (Phi) is 3.66. The smallest absolute Gasteiger partial charge is 0.0406 e. The SMILES string of the molecule is CNC(Cc1ccc(Cl)cc1)CC1CC1. The summed E-state index contributed by atoms with van der Waals surface area (Å²) in [5.74, 6) is 0.981. The summed E-state index contributed by atoms with van der Waals surface area (Å²) in [6.07, 6.45) is 5.29. The Morgan fingerprint density at radius 3 is 2.53 bits per heavy atom. The molecule has 1 atom stereocenters. The average Bonchev–Trinajstić information content (AvgIpc) is 3.04. The van der Waals surface area contributed by atoms with Crippen molar-refractivity contribution in [3.05, 3.63) is 34.9 Å². The van der Waals surface area contributed by atoms with Gasteiger partial charge in [0.25, 0.3) is 0 Å². The van der Waals surface area contributed by atoms with Gasteiger partial charge in [0.05, 0.1) is 0 Å². The van der Waals surface area contributed by atoms with Gasteiger partial charge in [-0.3, -0.25) is 0 Å². The lowest BCUT2D eigenvalue weighted by atomic mass is 10.0. The van der Waals surface area contributed by atoms with E-state index < -0.39 is 0 Å². The minimum Gasteiger partial charge on any atom is -0.317 e. The molecule has 0 spiro atoms. The summed E-state index contributed by atoms with van der Waals surface area (Å²) >= 11 is 5.86. The molecular weight excluding hydrogens is 206 g/mol. The molecule has 15 heavy (non-hydrogen) atoms. The molecule has 1 N–H and O–H groups in total. The van der Waals surface area contributed by atoms with E-state index in [9.17, 15) is 0 Å². The maximum Gasteiger partial charge on any atom is 0.0406 e. The number of hydrogen-bond acceptors (Lipinski definition) is 1. The van der Waals surface area contributed by atoms with Crippen LogP contribution in [-0.2, 0) is 6.42 Å². The van der Waals surface area contributed by atoms with Gasteiger partial charge in [-0.25, -0.2) is 0 Å². The molecule has 0 radical (unpaired) electrons. The topological polar surface area (TPSA) is 12.0 Å². The van der Waals surface area contributed by atoms with Crippen molar-refractivity contribution in [3.63, 3.8) is 0 Å². The van der Waals surface area contributed by atoms with E-state index in [2.05, 4.69) is 24.5 Å². The van der Waals surface area contributed by atoms with Crippen LogP contribution in [0.4, 0.5) is 0 Å². The first kappa shape index (κ1) is 11.0. The summed E-state index contributed by atoms with van der Waals surface area (Å²) in [6.45, 7) is 0. The standard InChI is InChI=1S/C13H18ClN/c1-15-13(8-10-2-3-10)9-11-4-6-12(14)7-5-11/h4-7,10,13,15H,2-3,8-9H2,1H3. The molecule has 2 rings (SSSR count). The Morgan fingerprint density at radius 1 is 1.33 bits per heavy atom. The maximum atomic E-state index is 5.86. The molecule has 1 aromatic carbocycles. The van der Waals surface area contributed by atoms with E-state index in [1.807, 2.05) is 12.1 Å². The molecule has 0 saturated heterocycles. The third-order valence-electron chi connectivity index (χ3n) is 3.12. The van der Waals surface area contributed by atoms with Crippen LogP contribution in [0.15, 0.2) is 24.3 Å². The van der Waals surface area contributed by atoms with Crippen molar-refractivity contribution in [1.82, 2.24) is 5.32 Å². The van der Waals surface area contributed by atoms with Crippen molar-refractivity contribution in [3.8, 4) is 0 Å². The van der Waals surface area contributed by atoms with Gasteiger partial charge in [-0.15, -0.1) is 0 Å². The fraction of sp³-hybridized carbons (Fsp3) is 0.538. The van der Waals surface area contributed by atoms with E-state index in [0.29, 0.717) is 6.04 Å². The second-order valence-electron chi connectivity index (χ2n) is 4.50. The third kappa shape index (κ3) is 3.51. The summed E-state index contributed by atoms with van der Waals surface area (Å²) in [7, 11) is 2.06. The number of likely N-dealkylation sites (N-methyl/N-ethyl adjacent to an activating group) is 1. The van der Waals surface area contributed by atoms with Crippen LogP contribution in [-0.4, -0.2) is 13.1 Å². The molecule has 1 aromatic rings. The van der Waals surface area contributed by atoms with Crippen molar-refractivity contribution in [2.24, 2.45) is 5.92 Å². The van der Waals surface area contributed by atoms with Crippen LogP contribution in [0.2, 0.25) is 5.02 Å². The second kappa shape index (κ2) is 5.00. The van der Waals surface area contributed by atoms with E-state index in [1.165, 1.54) is 24.8 Å². The lowest BCUT2D eigenvalue weighted by Crippen LogP contribution is -2.28. The first-order valence-corrected chi connectivity index (χ1v) is 6.07. The second-order valence-corrected chi connectivity index (χ2v) is 4.93. The molecule has 1 aliphatic carbocycles. The Morgan fingerprint density at radius 2 is 2.00 bits per heavy atom. The molecule has 2 heteroatoms. The van der Waals surface area contributed by atoms with Crippen LogP contribution in [0.1, 0.15) is 24.8 Å². The molecular formula is C13H18ClN. The molecule has 0 aliphatic heterocycles. The molecule has 0 amide bonds. The average molecular weight is 224 g/mol. The van der Waals surface area contributed by atoms with Gasteiger partial charge >= 0.3 is 0 Å². The van der Waals surface area contributed by atoms with Crippen molar-refractivity contribution in [2.75, 3.05) is 7.05 Å². The number of rotatable bonds is 5. The van der Waals surface area contributed by atoms with E-state index in [4.69, 9.17) is 11.6 Å². The van der Waals surface area contributed by atoms with Crippen LogP contribution >= 0.6 is 11.6 Å². The van der Waals surface area contributed by atoms with Crippen molar-refractivity contribution in [2.45, 2.75) is 31.7 Å². The fourth-order valence-electron chi connectivity index (χ4n) is 1.96. The fourth-order valence-corrected chi connectivity index (χ4v) is 2.09. The number of hydrogen-bond donors (Lipinski definition) is 1.